The monoisotopic (exact) mass is 274 g/mol. The SMILES string of the molecule is O=C(NCCc1nc2c(s1)CCC2)c1cnccn1. The molecule has 0 unspecified atom stereocenters. The average Bonchev–Trinajstić information content (AvgIpc) is 3.00. The molecule has 3 rings (SSSR count). The molecule has 1 aliphatic rings. The molecule has 0 radical (unpaired) electrons. The van der Waals surface area contributed by atoms with Crippen LogP contribution in [-0.4, -0.2) is 27.4 Å². The van der Waals surface area contributed by atoms with Crippen LogP contribution < -0.4 is 5.32 Å². The summed E-state index contributed by atoms with van der Waals surface area (Å²) in [6, 6.07) is 0. The van der Waals surface area contributed by atoms with Crippen molar-refractivity contribution >= 4 is 17.2 Å². The molecule has 1 N–H and O–H groups in total. The van der Waals surface area contributed by atoms with Crippen LogP contribution in [0.5, 0.6) is 0 Å². The van der Waals surface area contributed by atoms with Gasteiger partial charge in [-0.15, -0.1) is 11.3 Å². The summed E-state index contributed by atoms with van der Waals surface area (Å²) in [7, 11) is 0. The van der Waals surface area contributed by atoms with E-state index >= 15 is 0 Å². The van der Waals surface area contributed by atoms with Gasteiger partial charge in [0.05, 0.1) is 16.9 Å². The van der Waals surface area contributed by atoms with Gasteiger partial charge in [0, 0.05) is 30.2 Å². The molecule has 0 atom stereocenters. The molecule has 2 aromatic heterocycles. The van der Waals surface area contributed by atoms with E-state index < -0.39 is 0 Å². The van der Waals surface area contributed by atoms with Crippen LogP contribution in [0.3, 0.4) is 0 Å². The molecule has 5 nitrogen and oxygen atoms in total. The number of thiazole rings is 1. The molecule has 2 heterocycles. The van der Waals surface area contributed by atoms with E-state index in [9.17, 15) is 4.79 Å². The highest BCUT2D eigenvalue weighted by Crippen LogP contribution is 2.27. The predicted molar refractivity (Wildman–Crippen MR) is 72.2 cm³/mol. The zero-order chi connectivity index (χ0) is 13.1. The van der Waals surface area contributed by atoms with Crippen LogP contribution >= 0.6 is 11.3 Å². The molecule has 2 aromatic rings. The quantitative estimate of drug-likeness (QED) is 0.915. The maximum absolute atomic E-state index is 11.7. The summed E-state index contributed by atoms with van der Waals surface area (Å²) < 4.78 is 0. The summed E-state index contributed by atoms with van der Waals surface area (Å²) >= 11 is 1.78. The number of nitrogens with zero attached hydrogens (tertiary/aromatic N) is 3. The molecule has 0 bridgehead atoms. The lowest BCUT2D eigenvalue weighted by atomic mass is 10.3. The van der Waals surface area contributed by atoms with E-state index in [0.29, 0.717) is 12.2 Å². The number of fused-ring (bicyclic) bond motifs is 1. The molecule has 98 valence electrons. The number of hydrogen-bond acceptors (Lipinski definition) is 5. The maximum atomic E-state index is 11.7. The molecule has 0 aliphatic heterocycles. The normalized spacial score (nSPS) is 13.3. The molecule has 0 saturated carbocycles. The molecule has 19 heavy (non-hydrogen) atoms. The minimum Gasteiger partial charge on any atom is -0.350 e. The van der Waals surface area contributed by atoms with Crippen LogP contribution in [0.2, 0.25) is 0 Å². The second-order valence-electron chi connectivity index (χ2n) is 4.43. The van der Waals surface area contributed by atoms with Crippen LogP contribution in [0.25, 0.3) is 0 Å². The van der Waals surface area contributed by atoms with Crippen molar-refractivity contribution in [1.82, 2.24) is 20.3 Å². The molecular formula is C13H14N4OS. The summed E-state index contributed by atoms with van der Waals surface area (Å²) in [4.78, 5) is 25.6. The van der Waals surface area contributed by atoms with Gasteiger partial charge in [-0.25, -0.2) is 9.97 Å². The van der Waals surface area contributed by atoms with Crippen LogP contribution in [0.4, 0.5) is 0 Å². The smallest absolute Gasteiger partial charge is 0.271 e. The fourth-order valence-corrected chi connectivity index (χ4v) is 3.30. The van der Waals surface area contributed by atoms with Crippen LogP contribution in [0.15, 0.2) is 18.6 Å². The number of aryl methyl sites for hydroxylation is 2. The second-order valence-corrected chi connectivity index (χ2v) is 5.60. The lowest BCUT2D eigenvalue weighted by molar-refractivity contribution is 0.0948. The van der Waals surface area contributed by atoms with Crippen molar-refractivity contribution in [3.63, 3.8) is 0 Å². The number of aromatic nitrogens is 3. The largest absolute Gasteiger partial charge is 0.350 e. The lowest BCUT2D eigenvalue weighted by Crippen LogP contribution is -2.26. The van der Waals surface area contributed by atoms with E-state index in [4.69, 9.17) is 0 Å². The second kappa shape index (κ2) is 5.44. The minimum atomic E-state index is -0.183. The third-order valence-corrected chi connectivity index (χ3v) is 4.28. The Balaban J connectivity index is 1.51. The molecule has 0 aromatic carbocycles. The maximum Gasteiger partial charge on any atom is 0.271 e. The van der Waals surface area contributed by atoms with Crippen LogP contribution in [0.1, 0.15) is 32.5 Å². The average molecular weight is 274 g/mol. The van der Waals surface area contributed by atoms with Crippen molar-refractivity contribution in [2.75, 3.05) is 6.54 Å². The Bertz CT molecular complexity index is 560. The van der Waals surface area contributed by atoms with Crippen molar-refractivity contribution in [1.29, 1.82) is 0 Å². The van der Waals surface area contributed by atoms with Crippen LogP contribution in [0, 0.1) is 0 Å². The first-order chi connectivity index (χ1) is 9.33. The lowest BCUT2D eigenvalue weighted by Gasteiger charge is -2.02. The van der Waals surface area contributed by atoms with Crippen molar-refractivity contribution in [3.8, 4) is 0 Å². The Morgan fingerprint density at radius 1 is 1.37 bits per heavy atom. The highest BCUT2D eigenvalue weighted by atomic mass is 32.1. The van der Waals surface area contributed by atoms with E-state index in [1.165, 1.54) is 35.8 Å². The van der Waals surface area contributed by atoms with Gasteiger partial charge in [0.2, 0.25) is 0 Å². The molecule has 0 fully saturated rings. The van der Waals surface area contributed by atoms with Gasteiger partial charge in [0.15, 0.2) is 0 Å². The van der Waals surface area contributed by atoms with E-state index in [1.54, 1.807) is 17.5 Å². The van der Waals surface area contributed by atoms with E-state index in [0.717, 1.165) is 17.8 Å². The van der Waals surface area contributed by atoms with Gasteiger partial charge < -0.3 is 5.32 Å². The molecule has 0 saturated heterocycles. The topological polar surface area (TPSA) is 67.8 Å². The number of nitrogens with one attached hydrogen (secondary N) is 1. The molecular weight excluding hydrogens is 260 g/mol. The first-order valence-corrected chi connectivity index (χ1v) is 7.16. The first-order valence-electron chi connectivity index (χ1n) is 6.34. The van der Waals surface area contributed by atoms with E-state index in [2.05, 4.69) is 20.3 Å². The zero-order valence-corrected chi connectivity index (χ0v) is 11.2. The highest BCUT2D eigenvalue weighted by Gasteiger charge is 2.16. The van der Waals surface area contributed by atoms with Crippen molar-refractivity contribution < 1.29 is 4.79 Å². The predicted octanol–water partition coefficient (Wildman–Crippen LogP) is 1.39. The van der Waals surface area contributed by atoms with Gasteiger partial charge in [-0.05, 0) is 19.3 Å². The van der Waals surface area contributed by atoms with Gasteiger partial charge in [-0.3, -0.25) is 9.78 Å². The number of hydrogen-bond donors (Lipinski definition) is 1. The number of carbonyl (C=O) groups is 1. The van der Waals surface area contributed by atoms with E-state index in [1.807, 2.05) is 0 Å². The molecule has 6 heteroatoms. The number of carbonyl (C=O) groups excluding carboxylic acids is 1. The Hall–Kier alpha value is -1.82. The fourth-order valence-electron chi connectivity index (χ4n) is 2.14. The number of rotatable bonds is 4. The Labute approximate surface area is 115 Å². The van der Waals surface area contributed by atoms with Gasteiger partial charge in [0.1, 0.15) is 5.69 Å². The molecule has 1 amide bonds. The Kier molecular flexibility index (Phi) is 3.50. The van der Waals surface area contributed by atoms with Crippen molar-refractivity contribution in [3.05, 3.63) is 39.9 Å². The van der Waals surface area contributed by atoms with Crippen molar-refractivity contribution in [2.45, 2.75) is 25.7 Å². The Morgan fingerprint density at radius 2 is 2.32 bits per heavy atom. The van der Waals surface area contributed by atoms with Crippen molar-refractivity contribution in [2.24, 2.45) is 0 Å². The third kappa shape index (κ3) is 2.78. The van der Waals surface area contributed by atoms with Gasteiger partial charge >= 0.3 is 0 Å². The third-order valence-electron chi connectivity index (χ3n) is 3.06. The highest BCUT2D eigenvalue weighted by molar-refractivity contribution is 7.11. The minimum absolute atomic E-state index is 0.183. The van der Waals surface area contributed by atoms with Gasteiger partial charge in [0.25, 0.3) is 5.91 Å². The molecule has 1 aliphatic carbocycles. The summed E-state index contributed by atoms with van der Waals surface area (Å²) in [6.07, 6.45) is 8.82. The first kappa shape index (κ1) is 12.2. The summed E-state index contributed by atoms with van der Waals surface area (Å²) in [6.45, 7) is 0.585. The van der Waals surface area contributed by atoms with E-state index in [-0.39, 0.29) is 5.91 Å². The Morgan fingerprint density at radius 3 is 3.11 bits per heavy atom. The number of amides is 1. The summed E-state index contributed by atoms with van der Waals surface area (Å²) in [5.41, 5.74) is 1.62. The van der Waals surface area contributed by atoms with Crippen LogP contribution in [-0.2, 0) is 19.3 Å². The molecule has 0 spiro atoms. The fraction of sp³-hybridized carbons (Fsp3) is 0.385. The zero-order valence-electron chi connectivity index (χ0n) is 10.4. The van der Waals surface area contributed by atoms with Gasteiger partial charge in [-0.1, -0.05) is 0 Å². The standard InChI is InChI=1S/C13H14N4OS/c18-13(10-8-14-6-7-15-10)16-5-4-12-17-9-2-1-3-11(9)19-12/h6-8H,1-5H2,(H,16,18). The summed E-state index contributed by atoms with van der Waals surface area (Å²) in [5, 5.41) is 3.95. The summed E-state index contributed by atoms with van der Waals surface area (Å²) in [5.74, 6) is -0.183. The van der Waals surface area contributed by atoms with Gasteiger partial charge in [-0.2, -0.15) is 0 Å².